The van der Waals surface area contributed by atoms with Gasteiger partial charge in [0.1, 0.15) is 5.75 Å². The molecule has 29 heavy (non-hydrogen) atoms. The van der Waals surface area contributed by atoms with Crippen molar-refractivity contribution >= 4 is 11.8 Å². The number of nitrogens with one attached hydrogen (secondary N) is 2. The van der Waals surface area contributed by atoms with Gasteiger partial charge in [0.2, 0.25) is 0 Å². The number of carbonyl (C=O) groups is 2. The van der Waals surface area contributed by atoms with E-state index in [1.807, 2.05) is 44.2 Å². The molecular formula is C22H24N4O3. The highest BCUT2D eigenvalue weighted by Gasteiger charge is 2.19. The highest BCUT2D eigenvalue weighted by molar-refractivity contribution is 5.97. The predicted molar refractivity (Wildman–Crippen MR) is 111 cm³/mol. The maximum Gasteiger partial charge on any atom is 0.255 e. The quantitative estimate of drug-likeness (QED) is 0.606. The average Bonchev–Trinajstić information content (AvgIpc) is 3.05. The molecular weight excluding hydrogens is 368 g/mol. The number of aromatic nitrogens is 2. The number of amides is 2. The van der Waals surface area contributed by atoms with Gasteiger partial charge in [0, 0.05) is 18.7 Å². The fraction of sp³-hybridized carbons (Fsp3) is 0.227. The molecule has 1 heterocycles. The minimum absolute atomic E-state index is 0.203. The standard InChI is InChI=1S/C22H24N4O3/c1-15-20(16(2)26(25-15)18-7-5-4-6-8-18)22(28)24-14-13-23-21(27)17-9-11-19(29-3)12-10-17/h4-12H,13-14H2,1-3H3,(H,23,27)(H,24,28). The molecule has 0 spiro atoms. The SMILES string of the molecule is COc1ccc(C(=O)NCCNC(=O)c2c(C)nn(-c3ccccc3)c2C)cc1. The third kappa shape index (κ3) is 4.63. The minimum atomic E-state index is -0.208. The van der Waals surface area contributed by atoms with Crippen LogP contribution in [0.15, 0.2) is 54.6 Å². The van der Waals surface area contributed by atoms with E-state index in [1.54, 1.807) is 36.1 Å². The number of benzene rings is 2. The van der Waals surface area contributed by atoms with Crippen molar-refractivity contribution in [3.63, 3.8) is 0 Å². The van der Waals surface area contributed by atoms with Gasteiger partial charge < -0.3 is 15.4 Å². The summed E-state index contributed by atoms with van der Waals surface area (Å²) in [7, 11) is 1.57. The van der Waals surface area contributed by atoms with Gasteiger partial charge in [-0.1, -0.05) is 18.2 Å². The molecule has 0 fully saturated rings. The summed E-state index contributed by atoms with van der Waals surface area (Å²) in [6, 6.07) is 16.5. The first-order chi connectivity index (χ1) is 14.0. The number of aryl methyl sites for hydroxylation is 1. The predicted octanol–water partition coefficient (Wildman–Crippen LogP) is 2.66. The zero-order valence-electron chi connectivity index (χ0n) is 16.7. The smallest absolute Gasteiger partial charge is 0.255 e. The van der Waals surface area contributed by atoms with Crippen molar-refractivity contribution in [2.45, 2.75) is 13.8 Å². The van der Waals surface area contributed by atoms with Gasteiger partial charge in [-0.15, -0.1) is 0 Å². The molecule has 0 atom stereocenters. The van der Waals surface area contributed by atoms with E-state index in [9.17, 15) is 9.59 Å². The highest BCUT2D eigenvalue weighted by atomic mass is 16.5. The number of hydrogen-bond acceptors (Lipinski definition) is 4. The van der Waals surface area contributed by atoms with Crippen molar-refractivity contribution in [1.29, 1.82) is 0 Å². The van der Waals surface area contributed by atoms with E-state index in [0.29, 0.717) is 35.7 Å². The molecule has 3 aromatic rings. The molecule has 2 amide bonds. The van der Waals surface area contributed by atoms with Crippen molar-refractivity contribution < 1.29 is 14.3 Å². The van der Waals surface area contributed by atoms with E-state index in [4.69, 9.17) is 4.74 Å². The van der Waals surface area contributed by atoms with Crippen LogP contribution in [0.3, 0.4) is 0 Å². The second kappa shape index (κ2) is 9.05. The summed E-state index contributed by atoms with van der Waals surface area (Å²) >= 11 is 0. The number of methoxy groups -OCH3 is 1. The van der Waals surface area contributed by atoms with Gasteiger partial charge in [-0.2, -0.15) is 5.10 Å². The van der Waals surface area contributed by atoms with Gasteiger partial charge in [-0.3, -0.25) is 9.59 Å². The summed E-state index contributed by atoms with van der Waals surface area (Å²) in [5.41, 5.74) is 3.42. The molecule has 7 heteroatoms. The molecule has 150 valence electrons. The van der Waals surface area contributed by atoms with Crippen molar-refractivity contribution in [1.82, 2.24) is 20.4 Å². The summed E-state index contributed by atoms with van der Waals surface area (Å²) in [5, 5.41) is 10.1. The maximum atomic E-state index is 12.6. The number of hydrogen-bond donors (Lipinski definition) is 2. The summed E-state index contributed by atoms with van der Waals surface area (Å²) in [5.74, 6) is 0.280. The maximum absolute atomic E-state index is 12.6. The van der Waals surface area contributed by atoms with Crippen LogP contribution < -0.4 is 15.4 Å². The number of carbonyl (C=O) groups excluding carboxylic acids is 2. The monoisotopic (exact) mass is 392 g/mol. The third-order valence-corrected chi connectivity index (χ3v) is 4.57. The molecule has 0 aliphatic heterocycles. The second-order valence-corrected chi connectivity index (χ2v) is 6.53. The van der Waals surface area contributed by atoms with Gasteiger partial charge >= 0.3 is 0 Å². The Kier molecular flexibility index (Phi) is 6.29. The van der Waals surface area contributed by atoms with Crippen molar-refractivity contribution in [2.24, 2.45) is 0 Å². The van der Waals surface area contributed by atoms with Crippen molar-refractivity contribution in [2.75, 3.05) is 20.2 Å². The van der Waals surface area contributed by atoms with Crippen LogP contribution in [0, 0.1) is 13.8 Å². The zero-order chi connectivity index (χ0) is 20.8. The Hall–Kier alpha value is -3.61. The molecule has 0 radical (unpaired) electrons. The van der Waals surface area contributed by atoms with Gasteiger partial charge in [-0.05, 0) is 50.2 Å². The molecule has 0 aliphatic carbocycles. The van der Waals surface area contributed by atoms with Gasteiger partial charge in [0.25, 0.3) is 11.8 Å². The number of para-hydroxylation sites is 1. The Morgan fingerprint density at radius 2 is 1.55 bits per heavy atom. The lowest BCUT2D eigenvalue weighted by atomic mass is 10.2. The number of rotatable bonds is 7. The lowest BCUT2D eigenvalue weighted by Gasteiger charge is -2.08. The molecule has 1 aromatic heterocycles. The van der Waals surface area contributed by atoms with E-state index < -0.39 is 0 Å². The third-order valence-electron chi connectivity index (χ3n) is 4.57. The van der Waals surface area contributed by atoms with Crippen molar-refractivity contribution in [3.05, 3.63) is 77.1 Å². The second-order valence-electron chi connectivity index (χ2n) is 6.53. The highest BCUT2D eigenvalue weighted by Crippen LogP contribution is 2.17. The lowest BCUT2D eigenvalue weighted by Crippen LogP contribution is -2.35. The van der Waals surface area contributed by atoms with Crippen LogP contribution in [0.4, 0.5) is 0 Å². The lowest BCUT2D eigenvalue weighted by molar-refractivity contribution is 0.0927. The molecule has 0 unspecified atom stereocenters. The summed E-state index contributed by atoms with van der Waals surface area (Å²) in [4.78, 5) is 24.8. The zero-order valence-corrected chi connectivity index (χ0v) is 16.7. The Bertz CT molecular complexity index is 995. The van der Waals surface area contributed by atoms with E-state index in [0.717, 1.165) is 11.4 Å². The fourth-order valence-corrected chi connectivity index (χ4v) is 3.08. The largest absolute Gasteiger partial charge is 0.497 e. The normalized spacial score (nSPS) is 10.4. The Morgan fingerprint density at radius 1 is 0.931 bits per heavy atom. The van der Waals surface area contributed by atoms with Crippen LogP contribution in [-0.4, -0.2) is 41.8 Å². The number of ether oxygens (including phenoxy) is 1. The first-order valence-electron chi connectivity index (χ1n) is 9.33. The first-order valence-corrected chi connectivity index (χ1v) is 9.33. The van der Waals surface area contributed by atoms with Crippen LogP contribution in [0.25, 0.3) is 5.69 Å². The van der Waals surface area contributed by atoms with Crippen molar-refractivity contribution in [3.8, 4) is 11.4 Å². The summed E-state index contributed by atoms with van der Waals surface area (Å²) in [6.45, 7) is 4.32. The summed E-state index contributed by atoms with van der Waals surface area (Å²) < 4.78 is 6.84. The van der Waals surface area contributed by atoms with Crippen LogP contribution in [0.5, 0.6) is 5.75 Å². The molecule has 3 rings (SSSR count). The van der Waals surface area contributed by atoms with Gasteiger partial charge in [0.05, 0.1) is 29.7 Å². The molecule has 0 saturated heterocycles. The minimum Gasteiger partial charge on any atom is -0.497 e. The Morgan fingerprint density at radius 3 is 2.17 bits per heavy atom. The molecule has 2 N–H and O–H groups in total. The molecule has 2 aromatic carbocycles. The van der Waals surface area contributed by atoms with Gasteiger partial charge in [0.15, 0.2) is 0 Å². The topological polar surface area (TPSA) is 85.2 Å². The molecule has 0 saturated carbocycles. The fourth-order valence-electron chi connectivity index (χ4n) is 3.08. The van der Waals surface area contributed by atoms with Gasteiger partial charge in [-0.25, -0.2) is 4.68 Å². The summed E-state index contributed by atoms with van der Waals surface area (Å²) in [6.07, 6.45) is 0. The molecule has 0 aliphatic rings. The Balaban J connectivity index is 1.56. The van der Waals surface area contributed by atoms with E-state index in [2.05, 4.69) is 15.7 Å². The molecule has 7 nitrogen and oxygen atoms in total. The van der Waals surface area contributed by atoms with E-state index >= 15 is 0 Å². The molecule has 0 bridgehead atoms. The van der Waals surface area contributed by atoms with E-state index in [1.165, 1.54) is 0 Å². The number of nitrogens with zero attached hydrogens (tertiary/aromatic N) is 2. The first kappa shape index (κ1) is 20.1. The Labute approximate surface area is 169 Å². The van der Waals surface area contributed by atoms with Crippen LogP contribution in [-0.2, 0) is 0 Å². The van der Waals surface area contributed by atoms with Crippen LogP contribution >= 0.6 is 0 Å². The average molecular weight is 392 g/mol. The van der Waals surface area contributed by atoms with Crippen LogP contribution in [0.2, 0.25) is 0 Å². The van der Waals surface area contributed by atoms with Crippen LogP contribution in [0.1, 0.15) is 32.1 Å². The van der Waals surface area contributed by atoms with E-state index in [-0.39, 0.29) is 11.8 Å².